The minimum absolute atomic E-state index is 0.0282. The molecule has 34 heavy (non-hydrogen) atoms. The van der Waals surface area contributed by atoms with E-state index in [2.05, 4.69) is 10.5 Å². The number of aryl methyl sites for hydroxylation is 1. The first kappa shape index (κ1) is 24.9. The molecular weight excluding hydrogens is 454 g/mol. The van der Waals surface area contributed by atoms with E-state index in [0.717, 1.165) is 11.1 Å². The number of sulfonamides is 1. The zero-order valence-corrected chi connectivity index (χ0v) is 20.0. The van der Waals surface area contributed by atoms with Gasteiger partial charge in [0.05, 0.1) is 17.7 Å². The number of amides is 1. The number of aromatic hydroxyl groups is 1. The molecule has 178 valence electrons. The Morgan fingerprint density at radius 3 is 2.41 bits per heavy atom. The number of phenols is 1. The molecule has 0 radical (unpaired) electrons. The fourth-order valence-electron chi connectivity index (χ4n) is 3.11. The van der Waals surface area contributed by atoms with Crippen LogP contribution in [0.2, 0.25) is 0 Å². The standard InChI is InChI=1S/C25H27N3O5S/c1-4-33-24-15-20(9-14-23(24)29)16-26-27-25(30)21-10-7-19(8-11-21)17-28(3)34(31,32)22-12-5-18(2)6-13-22/h5-16,29H,4,17H2,1-3H3,(H,27,30)/b26-16+. The summed E-state index contributed by atoms with van der Waals surface area (Å²) in [5, 5.41) is 13.7. The van der Waals surface area contributed by atoms with Gasteiger partial charge in [-0.15, -0.1) is 0 Å². The molecule has 3 aromatic carbocycles. The normalized spacial score (nSPS) is 11.6. The smallest absolute Gasteiger partial charge is 0.271 e. The number of rotatable bonds is 9. The van der Waals surface area contributed by atoms with Gasteiger partial charge in [0.25, 0.3) is 5.91 Å². The summed E-state index contributed by atoms with van der Waals surface area (Å²) in [6, 6.07) is 18.1. The molecule has 0 aliphatic rings. The second-order valence-corrected chi connectivity index (χ2v) is 9.68. The van der Waals surface area contributed by atoms with Crippen LogP contribution in [-0.4, -0.2) is 43.6 Å². The number of hydrazone groups is 1. The van der Waals surface area contributed by atoms with Crippen molar-refractivity contribution in [2.75, 3.05) is 13.7 Å². The molecule has 0 saturated carbocycles. The third-order valence-corrected chi connectivity index (χ3v) is 6.83. The summed E-state index contributed by atoms with van der Waals surface area (Å²) in [6.07, 6.45) is 1.44. The molecule has 2 N–H and O–H groups in total. The Kier molecular flexibility index (Phi) is 8.04. The predicted molar refractivity (Wildman–Crippen MR) is 131 cm³/mol. The molecule has 0 spiro atoms. The second-order valence-electron chi connectivity index (χ2n) is 7.63. The maximum absolute atomic E-state index is 12.8. The molecule has 3 rings (SSSR count). The number of phenolic OH excluding ortho intramolecular Hbond substituents is 1. The highest BCUT2D eigenvalue weighted by Crippen LogP contribution is 2.26. The molecule has 0 atom stereocenters. The Bertz CT molecular complexity index is 1270. The fourth-order valence-corrected chi connectivity index (χ4v) is 4.26. The molecule has 0 unspecified atom stereocenters. The molecule has 0 bridgehead atoms. The number of ether oxygens (including phenoxy) is 1. The van der Waals surface area contributed by atoms with Crippen molar-refractivity contribution in [1.29, 1.82) is 0 Å². The van der Waals surface area contributed by atoms with Crippen LogP contribution in [0.25, 0.3) is 0 Å². The highest BCUT2D eigenvalue weighted by Gasteiger charge is 2.20. The molecular formula is C25H27N3O5S. The molecule has 0 fully saturated rings. The molecule has 0 saturated heterocycles. The summed E-state index contributed by atoms with van der Waals surface area (Å²) in [4.78, 5) is 12.6. The SMILES string of the molecule is CCOc1cc(/C=N/NC(=O)c2ccc(CN(C)S(=O)(=O)c3ccc(C)cc3)cc2)ccc1O. The predicted octanol–water partition coefficient (Wildman–Crippen LogP) is 3.68. The zero-order valence-electron chi connectivity index (χ0n) is 19.2. The van der Waals surface area contributed by atoms with Crippen LogP contribution in [0.1, 0.15) is 34.0 Å². The van der Waals surface area contributed by atoms with Crippen LogP contribution in [0.5, 0.6) is 11.5 Å². The van der Waals surface area contributed by atoms with E-state index >= 15 is 0 Å². The lowest BCUT2D eigenvalue weighted by Gasteiger charge is -2.17. The Hall–Kier alpha value is -3.69. The third-order valence-electron chi connectivity index (χ3n) is 5.01. The van der Waals surface area contributed by atoms with Crippen LogP contribution < -0.4 is 10.2 Å². The van der Waals surface area contributed by atoms with Crippen molar-refractivity contribution in [2.45, 2.75) is 25.3 Å². The lowest BCUT2D eigenvalue weighted by atomic mass is 10.1. The summed E-state index contributed by atoms with van der Waals surface area (Å²) >= 11 is 0. The van der Waals surface area contributed by atoms with Crippen LogP contribution in [-0.2, 0) is 16.6 Å². The zero-order chi connectivity index (χ0) is 24.7. The Morgan fingerprint density at radius 1 is 1.09 bits per heavy atom. The van der Waals surface area contributed by atoms with Crippen LogP contribution in [0.3, 0.4) is 0 Å². The summed E-state index contributed by atoms with van der Waals surface area (Å²) in [5.74, 6) is -0.0459. The van der Waals surface area contributed by atoms with Crippen molar-refractivity contribution in [3.05, 3.63) is 89.0 Å². The van der Waals surface area contributed by atoms with Gasteiger partial charge in [-0.2, -0.15) is 9.41 Å². The van der Waals surface area contributed by atoms with E-state index in [1.807, 2.05) is 13.8 Å². The first-order valence-corrected chi connectivity index (χ1v) is 12.1. The summed E-state index contributed by atoms with van der Waals surface area (Å²) < 4.78 is 32.1. The van der Waals surface area contributed by atoms with Gasteiger partial charge in [0, 0.05) is 19.2 Å². The fraction of sp³-hybridized carbons (Fsp3) is 0.200. The number of nitrogens with zero attached hydrogens (tertiary/aromatic N) is 2. The molecule has 0 aliphatic heterocycles. The number of nitrogens with one attached hydrogen (secondary N) is 1. The number of carbonyl (C=O) groups is 1. The van der Waals surface area contributed by atoms with Gasteiger partial charge in [0.15, 0.2) is 11.5 Å². The quantitative estimate of drug-likeness (QED) is 0.358. The van der Waals surface area contributed by atoms with Crippen LogP contribution in [0.4, 0.5) is 0 Å². The molecule has 0 aliphatic carbocycles. The minimum Gasteiger partial charge on any atom is -0.504 e. The summed E-state index contributed by atoms with van der Waals surface area (Å²) in [5.41, 5.74) is 5.20. The molecule has 8 nitrogen and oxygen atoms in total. The average Bonchev–Trinajstić information content (AvgIpc) is 2.82. The average molecular weight is 482 g/mol. The highest BCUT2D eigenvalue weighted by atomic mass is 32.2. The number of hydrogen-bond acceptors (Lipinski definition) is 6. The van der Waals surface area contributed by atoms with Gasteiger partial charge in [-0.3, -0.25) is 4.79 Å². The van der Waals surface area contributed by atoms with Gasteiger partial charge >= 0.3 is 0 Å². The monoisotopic (exact) mass is 481 g/mol. The lowest BCUT2D eigenvalue weighted by molar-refractivity contribution is 0.0955. The van der Waals surface area contributed by atoms with Gasteiger partial charge in [-0.05, 0) is 67.4 Å². The van der Waals surface area contributed by atoms with Gasteiger partial charge in [-0.1, -0.05) is 29.8 Å². The van der Waals surface area contributed by atoms with Crippen LogP contribution in [0.15, 0.2) is 76.7 Å². The maximum atomic E-state index is 12.8. The van der Waals surface area contributed by atoms with Crippen molar-refractivity contribution >= 4 is 22.1 Å². The Morgan fingerprint density at radius 2 is 1.76 bits per heavy atom. The molecule has 1 amide bonds. The number of hydrogen-bond donors (Lipinski definition) is 2. The van der Waals surface area contributed by atoms with Crippen molar-refractivity contribution < 1.29 is 23.1 Å². The van der Waals surface area contributed by atoms with Gasteiger partial charge < -0.3 is 9.84 Å². The van der Waals surface area contributed by atoms with Crippen molar-refractivity contribution in [3.8, 4) is 11.5 Å². The second kappa shape index (κ2) is 11.0. The number of benzene rings is 3. The molecule has 0 aromatic heterocycles. The minimum atomic E-state index is -3.62. The van der Waals surface area contributed by atoms with Crippen LogP contribution in [0, 0.1) is 6.92 Å². The van der Waals surface area contributed by atoms with Crippen LogP contribution >= 0.6 is 0 Å². The van der Waals surface area contributed by atoms with E-state index < -0.39 is 15.9 Å². The topological polar surface area (TPSA) is 108 Å². The lowest BCUT2D eigenvalue weighted by Crippen LogP contribution is -2.26. The van der Waals surface area contributed by atoms with E-state index in [9.17, 15) is 18.3 Å². The van der Waals surface area contributed by atoms with Gasteiger partial charge in [0.2, 0.25) is 10.0 Å². The third kappa shape index (κ3) is 6.21. The van der Waals surface area contributed by atoms with E-state index in [0.29, 0.717) is 23.5 Å². The Labute approximate surface area is 199 Å². The van der Waals surface area contributed by atoms with E-state index in [4.69, 9.17) is 4.74 Å². The summed E-state index contributed by atoms with van der Waals surface area (Å²) in [7, 11) is -2.10. The Balaban J connectivity index is 1.60. The number of carbonyl (C=O) groups excluding carboxylic acids is 1. The molecule has 3 aromatic rings. The van der Waals surface area contributed by atoms with E-state index in [1.165, 1.54) is 23.6 Å². The van der Waals surface area contributed by atoms with E-state index in [1.54, 1.807) is 60.7 Å². The van der Waals surface area contributed by atoms with Crippen molar-refractivity contribution in [3.63, 3.8) is 0 Å². The van der Waals surface area contributed by atoms with E-state index in [-0.39, 0.29) is 17.2 Å². The first-order chi connectivity index (χ1) is 16.2. The highest BCUT2D eigenvalue weighted by molar-refractivity contribution is 7.89. The van der Waals surface area contributed by atoms with Gasteiger partial charge in [-0.25, -0.2) is 13.8 Å². The van der Waals surface area contributed by atoms with Crippen molar-refractivity contribution in [2.24, 2.45) is 5.10 Å². The first-order valence-electron chi connectivity index (χ1n) is 10.6. The largest absolute Gasteiger partial charge is 0.504 e. The summed E-state index contributed by atoms with van der Waals surface area (Å²) in [6.45, 7) is 4.29. The maximum Gasteiger partial charge on any atom is 0.271 e. The molecule has 0 heterocycles. The van der Waals surface area contributed by atoms with Gasteiger partial charge in [0.1, 0.15) is 0 Å². The van der Waals surface area contributed by atoms with Crippen molar-refractivity contribution in [1.82, 2.24) is 9.73 Å². The molecule has 9 heteroatoms.